The predicted octanol–water partition coefficient (Wildman–Crippen LogP) is 4.04. The number of para-hydroxylation sites is 1. The van der Waals surface area contributed by atoms with E-state index in [4.69, 9.17) is 9.47 Å². The van der Waals surface area contributed by atoms with Gasteiger partial charge in [0.2, 0.25) is 0 Å². The molecule has 0 spiro atoms. The number of likely N-dealkylation sites (tertiary alicyclic amines) is 1. The van der Waals surface area contributed by atoms with Crippen molar-refractivity contribution in [2.45, 2.75) is 25.8 Å². The van der Waals surface area contributed by atoms with Crippen molar-refractivity contribution in [3.8, 4) is 11.5 Å². The van der Waals surface area contributed by atoms with E-state index < -0.39 is 0 Å². The Morgan fingerprint density at radius 2 is 1.80 bits per heavy atom. The number of methoxy groups -OCH3 is 2. The van der Waals surface area contributed by atoms with E-state index in [1.807, 2.05) is 35.2 Å². The lowest BCUT2D eigenvalue weighted by Gasteiger charge is -2.34. The third-order valence-corrected chi connectivity index (χ3v) is 6.27. The quantitative estimate of drug-likeness (QED) is 0.665. The molecule has 2 heterocycles. The molecule has 0 aliphatic carbocycles. The fourth-order valence-corrected chi connectivity index (χ4v) is 4.52. The van der Waals surface area contributed by atoms with Gasteiger partial charge in [-0.2, -0.15) is 0 Å². The standard InChI is InChI=1S/C24H30N2O3.ClH/c1-28-21-7-8-22-20(15-21)17-26(24(22)27)16-18-9-12-25(13-10-18)14-11-19-5-3-4-6-23(19)29-2;/h3-8,15,18H,9-14,16-17H2,1-2H3;1H. The Labute approximate surface area is 185 Å². The van der Waals surface area contributed by atoms with E-state index in [1.54, 1.807) is 14.2 Å². The minimum absolute atomic E-state index is 0. The molecule has 5 nitrogen and oxygen atoms in total. The fraction of sp³-hybridized carbons (Fsp3) is 0.458. The van der Waals surface area contributed by atoms with Crippen LogP contribution in [0.4, 0.5) is 0 Å². The number of piperidine rings is 1. The van der Waals surface area contributed by atoms with Gasteiger partial charge in [0, 0.05) is 25.2 Å². The summed E-state index contributed by atoms with van der Waals surface area (Å²) < 4.78 is 10.8. The summed E-state index contributed by atoms with van der Waals surface area (Å²) in [6.07, 6.45) is 3.31. The Morgan fingerprint density at radius 1 is 1.03 bits per heavy atom. The molecule has 2 aliphatic rings. The Hall–Kier alpha value is -2.24. The highest BCUT2D eigenvalue weighted by Crippen LogP contribution is 2.29. The van der Waals surface area contributed by atoms with Crippen molar-refractivity contribution in [3.63, 3.8) is 0 Å². The number of carbonyl (C=O) groups excluding carboxylic acids is 1. The fourth-order valence-electron chi connectivity index (χ4n) is 4.52. The second-order valence-corrected chi connectivity index (χ2v) is 8.06. The van der Waals surface area contributed by atoms with Gasteiger partial charge in [0.25, 0.3) is 5.91 Å². The highest BCUT2D eigenvalue weighted by atomic mass is 35.5. The molecular formula is C24H31ClN2O3. The van der Waals surface area contributed by atoms with E-state index in [-0.39, 0.29) is 18.3 Å². The first kappa shape index (κ1) is 22.4. The van der Waals surface area contributed by atoms with Crippen LogP contribution >= 0.6 is 12.4 Å². The number of amides is 1. The van der Waals surface area contributed by atoms with Crippen molar-refractivity contribution in [1.82, 2.24) is 9.80 Å². The summed E-state index contributed by atoms with van der Waals surface area (Å²) in [4.78, 5) is 17.3. The highest BCUT2D eigenvalue weighted by molar-refractivity contribution is 5.98. The number of halogens is 1. The van der Waals surface area contributed by atoms with Crippen LogP contribution in [-0.4, -0.2) is 56.1 Å². The van der Waals surface area contributed by atoms with E-state index in [0.29, 0.717) is 12.5 Å². The zero-order valence-corrected chi connectivity index (χ0v) is 18.6. The molecule has 1 saturated heterocycles. The third-order valence-electron chi connectivity index (χ3n) is 6.27. The number of hydrogen-bond acceptors (Lipinski definition) is 4. The van der Waals surface area contributed by atoms with Crippen LogP contribution in [0.25, 0.3) is 0 Å². The van der Waals surface area contributed by atoms with Crippen molar-refractivity contribution >= 4 is 18.3 Å². The van der Waals surface area contributed by atoms with Gasteiger partial charge in [-0.05, 0) is 73.7 Å². The summed E-state index contributed by atoms with van der Waals surface area (Å²) in [5.74, 6) is 2.55. The maximum Gasteiger partial charge on any atom is 0.254 e. The molecule has 0 atom stereocenters. The molecule has 1 fully saturated rings. The van der Waals surface area contributed by atoms with Crippen LogP contribution in [0.5, 0.6) is 11.5 Å². The van der Waals surface area contributed by atoms with E-state index in [1.165, 1.54) is 5.56 Å². The van der Waals surface area contributed by atoms with Gasteiger partial charge >= 0.3 is 0 Å². The summed E-state index contributed by atoms with van der Waals surface area (Å²) in [6.45, 7) is 4.82. The van der Waals surface area contributed by atoms with Crippen LogP contribution < -0.4 is 9.47 Å². The van der Waals surface area contributed by atoms with Gasteiger partial charge in [0.05, 0.1) is 14.2 Å². The number of hydrogen-bond donors (Lipinski definition) is 0. The van der Waals surface area contributed by atoms with Crippen molar-refractivity contribution in [3.05, 3.63) is 59.2 Å². The normalized spacial score (nSPS) is 16.9. The maximum absolute atomic E-state index is 12.7. The largest absolute Gasteiger partial charge is 0.497 e. The molecule has 0 N–H and O–H groups in total. The minimum atomic E-state index is 0. The van der Waals surface area contributed by atoms with Crippen LogP contribution in [-0.2, 0) is 13.0 Å². The zero-order chi connectivity index (χ0) is 20.2. The molecule has 1 amide bonds. The third kappa shape index (κ3) is 4.90. The van der Waals surface area contributed by atoms with Crippen LogP contribution in [0.3, 0.4) is 0 Å². The molecule has 162 valence electrons. The van der Waals surface area contributed by atoms with Gasteiger partial charge in [-0.3, -0.25) is 4.79 Å². The van der Waals surface area contributed by atoms with Crippen LogP contribution in [0.1, 0.15) is 34.3 Å². The second-order valence-electron chi connectivity index (χ2n) is 8.06. The van der Waals surface area contributed by atoms with Crippen LogP contribution in [0, 0.1) is 5.92 Å². The lowest BCUT2D eigenvalue weighted by molar-refractivity contribution is 0.0714. The van der Waals surface area contributed by atoms with Gasteiger partial charge in [0.15, 0.2) is 0 Å². The van der Waals surface area contributed by atoms with E-state index in [2.05, 4.69) is 17.0 Å². The predicted molar refractivity (Wildman–Crippen MR) is 121 cm³/mol. The van der Waals surface area contributed by atoms with Gasteiger partial charge in [0.1, 0.15) is 11.5 Å². The lowest BCUT2D eigenvalue weighted by atomic mass is 9.96. The van der Waals surface area contributed by atoms with Crippen molar-refractivity contribution < 1.29 is 14.3 Å². The molecule has 2 aromatic carbocycles. The van der Waals surface area contributed by atoms with E-state index >= 15 is 0 Å². The summed E-state index contributed by atoms with van der Waals surface area (Å²) in [6, 6.07) is 14.0. The van der Waals surface area contributed by atoms with Gasteiger partial charge in [-0.1, -0.05) is 18.2 Å². The monoisotopic (exact) mass is 430 g/mol. The van der Waals surface area contributed by atoms with Gasteiger partial charge < -0.3 is 19.3 Å². The van der Waals surface area contributed by atoms with E-state index in [0.717, 1.165) is 68.1 Å². The Kier molecular flexibility index (Phi) is 7.62. The molecule has 2 aliphatic heterocycles. The van der Waals surface area contributed by atoms with Crippen molar-refractivity contribution in [2.24, 2.45) is 5.92 Å². The van der Waals surface area contributed by atoms with E-state index in [9.17, 15) is 4.79 Å². The number of nitrogens with zero attached hydrogens (tertiary/aromatic N) is 2. The summed E-state index contributed by atoms with van der Waals surface area (Å²) in [5.41, 5.74) is 3.19. The molecule has 0 radical (unpaired) electrons. The number of ether oxygens (including phenoxy) is 2. The van der Waals surface area contributed by atoms with Crippen molar-refractivity contribution in [2.75, 3.05) is 40.4 Å². The Bertz CT molecular complexity index is 865. The van der Waals surface area contributed by atoms with Crippen molar-refractivity contribution in [1.29, 1.82) is 0 Å². The van der Waals surface area contributed by atoms with Crippen LogP contribution in [0.15, 0.2) is 42.5 Å². The smallest absolute Gasteiger partial charge is 0.254 e. The Morgan fingerprint density at radius 3 is 2.53 bits per heavy atom. The molecule has 0 aromatic heterocycles. The molecule has 0 unspecified atom stereocenters. The summed E-state index contributed by atoms with van der Waals surface area (Å²) in [5, 5.41) is 0. The summed E-state index contributed by atoms with van der Waals surface area (Å²) >= 11 is 0. The molecule has 30 heavy (non-hydrogen) atoms. The minimum Gasteiger partial charge on any atom is -0.497 e. The van der Waals surface area contributed by atoms with Crippen LogP contribution in [0.2, 0.25) is 0 Å². The zero-order valence-electron chi connectivity index (χ0n) is 17.8. The topological polar surface area (TPSA) is 42.0 Å². The van der Waals surface area contributed by atoms with Gasteiger partial charge in [-0.25, -0.2) is 0 Å². The number of fused-ring (bicyclic) bond motifs is 1. The molecule has 0 bridgehead atoms. The maximum atomic E-state index is 12.7. The average Bonchev–Trinajstić information content (AvgIpc) is 3.07. The first-order chi connectivity index (χ1) is 14.2. The molecular weight excluding hydrogens is 400 g/mol. The second kappa shape index (κ2) is 10.2. The molecule has 2 aromatic rings. The number of rotatable bonds is 7. The highest BCUT2D eigenvalue weighted by Gasteiger charge is 2.30. The first-order valence-corrected chi connectivity index (χ1v) is 10.5. The summed E-state index contributed by atoms with van der Waals surface area (Å²) in [7, 11) is 3.40. The molecule has 0 saturated carbocycles. The SMILES string of the molecule is COc1ccc2c(c1)CN(CC1CCN(CCc3ccccc3OC)CC1)C2=O.Cl. The molecule has 4 rings (SSSR count). The first-order valence-electron chi connectivity index (χ1n) is 10.5. The number of benzene rings is 2. The average molecular weight is 431 g/mol. The molecule has 6 heteroatoms. The Balaban J connectivity index is 0.00000256. The lowest BCUT2D eigenvalue weighted by Crippen LogP contribution is -2.39. The van der Waals surface area contributed by atoms with Gasteiger partial charge in [-0.15, -0.1) is 12.4 Å². The number of carbonyl (C=O) groups is 1.